The van der Waals surface area contributed by atoms with Gasteiger partial charge in [-0.05, 0) is 38.8 Å². The van der Waals surface area contributed by atoms with E-state index in [9.17, 15) is 13.2 Å². The van der Waals surface area contributed by atoms with Crippen LogP contribution in [0.3, 0.4) is 0 Å². The van der Waals surface area contributed by atoms with Gasteiger partial charge in [0, 0.05) is 12.6 Å². The number of esters is 1. The number of rotatable bonds is 6. The van der Waals surface area contributed by atoms with E-state index in [1.54, 1.807) is 0 Å². The second kappa shape index (κ2) is 7.96. The van der Waals surface area contributed by atoms with Crippen LogP contribution in [0.5, 0.6) is 0 Å². The summed E-state index contributed by atoms with van der Waals surface area (Å²) in [6.07, 6.45) is 1.84. The minimum Gasteiger partial charge on any atom is -0.465 e. The van der Waals surface area contributed by atoms with Gasteiger partial charge in [0.1, 0.15) is 11.3 Å². The van der Waals surface area contributed by atoms with Crippen LogP contribution in [0.15, 0.2) is 15.6 Å². The second-order valence-electron chi connectivity index (χ2n) is 5.07. The van der Waals surface area contributed by atoms with Gasteiger partial charge in [0.15, 0.2) is 0 Å². The lowest BCUT2D eigenvalue weighted by molar-refractivity contribution is 0.0599. The number of furan rings is 1. The van der Waals surface area contributed by atoms with Crippen molar-refractivity contribution >= 4 is 28.4 Å². The summed E-state index contributed by atoms with van der Waals surface area (Å²) in [6.45, 7) is 3.78. The minimum atomic E-state index is -3.74. The summed E-state index contributed by atoms with van der Waals surface area (Å²) in [6, 6.07) is 1.20. The number of hydrogen-bond acceptors (Lipinski definition) is 6. The highest BCUT2D eigenvalue weighted by molar-refractivity contribution is 7.89. The van der Waals surface area contributed by atoms with Crippen molar-refractivity contribution < 1.29 is 22.4 Å². The van der Waals surface area contributed by atoms with Crippen LogP contribution in [0, 0.1) is 12.8 Å². The molecule has 2 N–H and O–H groups in total. The van der Waals surface area contributed by atoms with Crippen LogP contribution in [0.1, 0.15) is 29.0 Å². The Hall–Kier alpha value is -1.09. The van der Waals surface area contributed by atoms with E-state index in [1.807, 2.05) is 0 Å². The number of hydrogen-bond donors (Lipinski definition) is 2. The number of carbonyl (C=O) groups excluding carboxylic acids is 1. The third-order valence-electron chi connectivity index (χ3n) is 3.57. The molecule has 126 valence electrons. The molecule has 2 heterocycles. The molecule has 1 aliphatic rings. The van der Waals surface area contributed by atoms with E-state index in [4.69, 9.17) is 4.42 Å². The zero-order valence-electron chi connectivity index (χ0n) is 12.5. The Balaban J connectivity index is 0.00000242. The third kappa shape index (κ3) is 4.45. The van der Waals surface area contributed by atoms with Gasteiger partial charge in [-0.1, -0.05) is 0 Å². The lowest BCUT2D eigenvalue weighted by Gasteiger charge is -2.08. The van der Waals surface area contributed by atoms with Gasteiger partial charge >= 0.3 is 5.97 Å². The van der Waals surface area contributed by atoms with Gasteiger partial charge in [-0.15, -0.1) is 12.4 Å². The van der Waals surface area contributed by atoms with Crippen LogP contribution in [0.2, 0.25) is 0 Å². The highest BCUT2D eigenvalue weighted by Crippen LogP contribution is 2.20. The molecule has 1 aromatic rings. The molecule has 22 heavy (non-hydrogen) atoms. The maximum atomic E-state index is 12.1. The van der Waals surface area contributed by atoms with Crippen LogP contribution in [-0.4, -0.2) is 41.1 Å². The summed E-state index contributed by atoms with van der Waals surface area (Å²) in [7, 11) is -2.51. The summed E-state index contributed by atoms with van der Waals surface area (Å²) in [4.78, 5) is 11.5. The van der Waals surface area contributed by atoms with Gasteiger partial charge in [0.25, 0.3) is 10.0 Å². The fourth-order valence-electron chi connectivity index (χ4n) is 2.33. The predicted molar refractivity (Wildman–Crippen MR) is 82.8 cm³/mol. The minimum absolute atomic E-state index is 0. The van der Waals surface area contributed by atoms with E-state index in [1.165, 1.54) is 20.1 Å². The first-order chi connectivity index (χ1) is 9.94. The highest BCUT2D eigenvalue weighted by atomic mass is 35.5. The molecule has 1 fully saturated rings. The first-order valence-corrected chi connectivity index (χ1v) is 8.31. The predicted octanol–water partition coefficient (Wildman–Crippen LogP) is 1.07. The maximum Gasteiger partial charge on any atom is 0.341 e. The fourth-order valence-corrected chi connectivity index (χ4v) is 3.37. The van der Waals surface area contributed by atoms with Crippen molar-refractivity contribution in [2.75, 3.05) is 26.7 Å². The molecule has 0 aromatic carbocycles. The Morgan fingerprint density at radius 2 is 2.27 bits per heavy atom. The molecule has 2 rings (SSSR count). The van der Waals surface area contributed by atoms with E-state index >= 15 is 0 Å². The smallest absolute Gasteiger partial charge is 0.341 e. The molecule has 0 radical (unpaired) electrons. The summed E-state index contributed by atoms with van der Waals surface area (Å²) in [5, 5.41) is 2.97. The average Bonchev–Trinajstić information content (AvgIpc) is 3.07. The molecule has 0 aliphatic carbocycles. The molecule has 0 amide bonds. The first kappa shape index (κ1) is 19.0. The number of ether oxygens (including phenoxy) is 1. The Bertz CT molecular complexity index is 608. The van der Waals surface area contributed by atoms with Gasteiger partial charge in [0.05, 0.1) is 7.11 Å². The molecule has 1 aromatic heterocycles. The van der Waals surface area contributed by atoms with E-state index in [0.717, 1.165) is 25.9 Å². The van der Waals surface area contributed by atoms with Crippen LogP contribution in [-0.2, 0) is 14.8 Å². The fraction of sp³-hybridized carbons (Fsp3) is 0.615. The number of methoxy groups -OCH3 is 1. The van der Waals surface area contributed by atoms with Crippen molar-refractivity contribution in [3.63, 3.8) is 0 Å². The molecule has 0 saturated carbocycles. The summed E-state index contributed by atoms with van der Waals surface area (Å²) in [5.74, 6) is 0.105. The standard InChI is InChI=1S/C13H20N2O5S.ClH/c1-9-11(13(16)19-2)7-12(20-9)21(17,18)15-6-4-10-3-5-14-8-10;/h7,10,14-15H,3-6,8H2,1-2H3;1H. The molecule has 1 saturated heterocycles. The Kier molecular flexibility index (Phi) is 6.86. The van der Waals surface area contributed by atoms with Gasteiger partial charge in [-0.3, -0.25) is 0 Å². The van der Waals surface area contributed by atoms with Gasteiger partial charge in [0.2, 0.25) is 5.09 Å². The lowest BCUT2D eigenvalue weighted by Crippen LogP contribution is -2.26. The molecular formula is C13H21ClN2O5S. The monoisotopic (exact) mass is 352 g/mol. The Morgan fingerprint density at radius 1 is 1.55 bits per heavy atom. The van der Waals surface area contributed by atoms with Gasteiger partial charge < -0.3 is 14.5 Å². The number of sulfonamides is 1. The Labute approximate surface area is 136 Å². The first-order valence-electron chi connectivity index (χ1n) is 6.83. The molecule has 0 bridgehead atoms. The summed E-state index contributed by atoms with van der Waals surface area (Å²) in [5.41, 5.74) is 0.123. The van der Waals surface area contributed by atoms with Crippen molar-refractivity contribution in [1.29, 1.82) is 0 Å². The molecule has 0 spiro atoms. The molecule has 9 heteroatoms. The number of aryl methyl sites for hydroxylation is 1. The van der Waals surface area contributed by atoms with Crippen LogP contribution >= 0.6 is 12.4 Å². The van der Waals surface area contributed by atoms with Crippen molar-refractivity contribution in [2.45, 2.75) is 24.9 Å². The Morgan fingerprint density at radius 3 is 2.86 bits per heavy atom. The highest BCUT2D eigenvalue weighted by Gasteiger charge is 2.24. The number of carbonyl (C=O) groups is 1. The van der Waals surface area contributed by atoms with E-state index in [-0.39, 0.29) is 28.8 Å². The van der Waals surface area contributed by atoms with Gasteiger partial charge in [-0.2, -0.15) is 0 Å². The van der Waals surface area contributed by atoms with Gasteiger partial charge in [-0.25, -0.2) is 17.9 Å². The molecule has 1 aliphatic heterocycles. The van der Waals surface area contributed by atoms with Crippen molar-refractivity contribution in [1.82, 2.24) is 10.0 Å². The molecule has 7 nitrogen and oxygen atoms in total. The number of halogens is 1. The quantitative estimate of drug-likeness (QED) is 0.743. The SMILES string of the molecule is COC(=O)c1cc(S(=O)(=O)NCCC2CCNC2)oc1C.Cl. The van der Waals surface area contributed by atoms with Crippen molar-refractivity contribution in [3.8, 4) is 0 Å². The summed E-state index contributed by atoms with van der Waals surface area (Å²) < 4.78 is 36.4. The second-order valence-corrected chi connectivity index (χ2v) is 6.77. The normalized spacial score (nSPS) is 18.0. The largest absolute Gasteiger partial charge is 0.465 e. The van der Waals surface area contributed by atoms with Crippen LogP contribution in [0.4, 0.5) is 0 Å². The third-order valence-corrected chi connectivity index (χ3v) is 4.89. The van der Waals surface area contributed by atoms with Crippen molar-refractivity contribution in [3.05, 3.63) is 17.4 Å². The van der Waals surface area contributed by atoms with E-state index in [0.29, 0.717) is 12.5 Å². The number of nitrogens with one attached hydrogen (secondary N) is 2. The van der Waals surface area contributed by atoms with Crippen LogP contribution < -0.4 is 10.0 Å². The summed E-state index contributed by atoms with van der Waals surface area (Å²) >= 11 is 0. The molecule has 1 unspecified atom stereocenters. The van der Waals surface area contributed by atoms with E-state index in [2.05, 4.69) is 14.8 Å². The molecular weight excluding hydrogens is 332 g/mol. The maximum absolute atomic E-state index is 12.1. The zero-order valence-corrected chi connectivity index (χ0v) is 14.2. The lowest BCUT2D eigenvalue weighted by atomic mass is 10.1. The van der Waals surface area contributed by atoms with Crippen molar-refractivity contribution in [2.24, 2.45) is 5.92 Å². The topological polar surface area (TPSA) is 97.6 Å². The zero-order chi connectivity index (χ0) is 15.5. The average molecular weight is 353 g/mol. The van der Waals surface area contributed by atoms with Crippen LogP contribution in [0.25, 0.3) is 0 Å². The van der Waals surface area contributed by atoms with E-state index < -0.39 is 16.0 Å². The molecule has 1 atom stereocenters.